The molecule has 0 amide bonds. The first kappa shape index (κ1) is 13.6. The maximum absolute atomic E-state index is 8.73. The van der Waals surface area contributed by atoms with Crippen molar-refractivity contribution in [1.82, 2.24) is 0 Å². The first-order valence-electron chi connectivity index (χ1n) is 6.73. The zero-order chi connectivity index (χ0) is 13.5. The van der Waals surface area contributed by atoms with Crippen LogP contribution < -0.4 is 4.74 Å². The third kappa shape index (κ3) is 3.58. The fourth-order valence-corrected chi connectivity index (χ4v) is 2.31. The molecule has 2 aromatic rings. The predicted octanol–water partition coefficient (Wildman–Crippen LogP) is 3.60. The average Bonchev–Trinajstić information content (AvgIpc) is 2.48. The Hall–Kier alpha value is -1.80. The molecule has 2 aromatic carbocycles. The van der Waals surface area contributed by atoms with Gasteiger partial charge in [-0.1, -0.05) is 49.4 Å². The Kier molecular flexibility index (Phi) is 4.99. The summed E-state index contributed by atoms with van der Waals surface area (Å²) < 4.78 is 5.38. The van der Waals surface area contributed by atoms with Crippen molar-refractivity contribution in [1.29, 1.82) is 0 Å². The SMILES string of the molecule is CCC(c1ccccc1)c1ccc(OCCO)cc1. The number of hydrogen-bond donors (Lipinski definition) is 1. The molecule has 0 heterocycles. The molecule has 0 radical (unpaired) electrons. The van der Waals surface area contributed by atoms with Crippen molar-refractivity contribution in [2.45, 2.75) is 19.3 Å². The van der Waals surface area contributed by atoms with Crippen LogP contribution in [0.5, 0.6) is 5.75 Å². The summed E-state index contributed by atoms with van der Waals surface area (Å²) in [5.74, 6) is 1.23. The number of aliphatic hydroxyl groups excluding tert-OH is 1. The third-order valence-electron chi connectivity index (χ3n) is 3.25. The van der Waals surface area contributed by atoms with Crippen LogP contribution in [0.2, 0.25) is 0 Å². The highest BCUT2D eigenvalue weighted by Gasteiger charge is 2.11. The molecule has 0 bridgehead atoms. The monoisotopic (exact) mass is 256 g/mol. The predicted molar refractivity (Wildman–Crippen MR) is 77.6 cm³/mol. The van der Waals surface area contributed by atoms with Crippen LogP contribution in [0.1, 0.15) is 30.4 Å². The highest BCUT2D eigenvalue weighted by molar-refractivity contribution is 5.35. The van der Waals surface area contributed by atoms with E-state index < -0.39 is 0 Å². The van der Waals surface area contributed by atoms with Crippen molar-refractivity contribution >= 4 is 0 Å². The van der Waals surface area contributed by atoms with E-state index in [0.717, 1.165) is 12.2 Å². The van der Waals surface area contributed by atoms with E-state index in [-0.39, 0.29) is 6.61 Å². The summed E-state index contributed by atoms with van der Waals surface area (Å²) in [5, 5.41) is 8.73. The van der Waals surface area contributed by atoms with Gasteiger partial charge < -0.3 is 9.84 Å². The molecular formula is C17H20O2. The number of benzene rings is 2. The van der Waals surface area contributed by atoms with Crippen LogP contribution in [0.3, 0.4) is 0 Å². The van der Waals surface area contributed by atoms with Crippen LogP contribution in [0, 0.1) is 0 Å². The zero-order valence-electron chi connectivity index (χ0n) is 11.3. The summed E-state index contributed by atoms with van der Waals surface area (Å²) in [6, 6.07) is 18.7. The lowest BCUT2D eigenvalue weighted by Crippen LogP contribution is -2.02. The topological polar surface area (TPSA) is 29.5 Å². The quantitative estimate of drug-likeness (QED) is 0.855. The minimum Gasteiger partial charge on any atom is -0.491 e. The number of hydrogen-bond acceptors (Lipinski definition) is 2. The Bertz CT molecular complexity index is 476. The smallest absolute Gasteiger partial charge is 0.119 e. The van der Waals surface area contributed by atoms with E-state index in [2.05, 4.69) is 43.3 Å². The van der Waals surface area contributed by atoms with E-state index in [1.165, 1.54) is 11.1 Å². The second-order valence-electron chi connectivity index (χ2n) is 4.51. The molecule has 0 aromatic heterocycles. The molecular weight excluding hydrogens is 236 g/mol. The van der Waals surface area contributed by atoms with Crippen LogP contribution in [0.15, 0.2) is 54.6 Å². The van der Waals surface area contributed by atoms with E-state index in [9.17, 15) is 0 Å². The minimum absolute atomic E-state index is 0.0450. The van der Waals surface area contributed by atoms with E-state index in [4.69, 9.17) is 9.84 Å². The maximum atomic E-state index is 8.73. The Balaban J connectivity index is 2.15. The van der Waals surface area contributed by atoms with Crippen molar-refractivity contribution in [3.63, 3.8) is 0 Å². The molecule has 1 N–H and O–H groups in total. The second-order valence-corrected chi connectivity index (χ2v) is 4.51. The Labute approximate surface area is 114 Å². The van der Waals surface area contributed by atoms with Gasteiger partial charge in [-0.05, 0) is 29.7 Å². The van der Waals surface area contributed by atoms with Gasteiger partial charge in [0.15, 0.2) is 0 Å². The van der Waals surface area contributed by atoms with Crippen molar-refractivity contribution in [2.75, 3.05) is 13.2 Å². The lowest BCUT2D eigenvalue weighted by Gasteiger charge is -2.16. The van der Waals surface area contributed by atoms with Gasteiger partial charge in [0.25, 0.3) is 0 Å². The Morgan fingerprint density at radius 2 is 1.58 bits per heavy atom. The van der Waals surface area contributed by atoms with Crippen LogP contribution in [-0.4, -0.2) is 18.3 Å². The molecule has 1 unspecified atom stereocenters. The lowest BCUT2D eigenvalue weighted by molar-refractivity contribution is 0.201. The number of rotatable bonds is 6. The fraction of sp³-hybridized carbons (Fsp3) is 0.294. The van der Waals surface area contributed by atoms with Gasteiger partial charge in [0.05, 0.1) is 6.61 Å². The zero-order valence-corrected chi connectivity index (χ0v) is 11.3. The van der Waals surface area contributed by atoms with Crippen LogP contribution in [0.4, 0.5) is 0 Å². The summed E-state index contributed by atoms with van der Waals surface area (Å²) in [6.45, 7) is 2.59. The minimum atomic E-state index is 0.0450. The highest BCUT2D eigenvalue weighted by atomic mass is 16.5. The summed E-state index contributed by atoms with van der Waals surface area (Å²) in [4.78, 5) is 0. The average molecular weight is 256 g/mol. The molecule has 0 fully saturated rings. The maximum Gasteiger partial charge on any atom is 0.119 e. The summed E-state index contributed by atoms with van der Waals surface area (Å²) >= 11 is 0. The van der Waals surface area contributed by atoms with Crippen LogP contribution >= 0.6 is 0 Å². The summed E-state index contributed by atoms with van der Waals surface area (Å²) in [5.41, 5.74) is 2.64. The first-order chi connectivity index (χ1) is 9.35. The standard InChI is InChI=1S/C17H20O2/c1-2-17(14-6-4-3-5-7-14)15-8-10-16(11-9-15)19-13-12-18/h3-11,17-18H,2,12-13H2,1H3. The molecule has 0 aliphatic heterocycles. The van der Waals surface area contributed by atoms with Gasteiger partial charge in [0.2, 0.25) is 0 Å². The molecule has 0 saturated heterocycles. The molecule has 100 valence electrons. The van der Waals surface area contributed by atoms with Gasteiger partial charge >= 0.3 is 0 Å². The molecule has 2 nitrogen and oxygen atoms in total. The van der Waals surface area contributed by atoms with Gasteiger partial charge in [-0.15, -0.1) is 0 Å². The third-order valence-corrected chi connectivity index (χ3v) is 3.25. The molecule has 2 heteroatoms. The molecule has 0 spiro atoms. The fourth-order valence-electron chi connectivity index (χ4n) is 2.31. The second kappa shape index (κ2) is 6.95. The van der Waals surface area contributed by atoms with E-state index in [1.807, 2.05) is 18.2 Å². The lowest BCUT2D eigenvalue weighted by atomic mass is 9.89. The van der Waals surface area contributed by atoms with Crippen molar-refractivity contribution in [3.8, 4) is 5.75 Å². The van der Waals surface area contributed by atoms with Crippen molar-refractivity contribution in [3.05, 3.63) is 65.7 Å². The van der Waals surface area contributed by atoms with Gasteiger partial charge in [-0.3, -0.25) is 0 Å². The van der Waals surface area contributed by atoms with Gasteiger partial charge in [0.1, 0.15) is 12.4 Å². The molecule has 0 saturated carbocycles. The summed E-state index contributed by atoms with van der Waals surface area (Å²) in [7, 11) is 0. The van der Waals surface area contributed by atoms with Gasteiger partial charge in [-0.2, -0.15) is 0 Å². The van der Waals surface area contributed by atoms with Crippen LogP contribution in [0.25, 0.3) is 0 Å². The van der Waals surface area contributed by atoms with Gasteiger partial charge in [-0.25, -0.2) is 0 Å². The molecule has 19 heavy (non-hydrogen) atoms. The van der Waals surface area contributed by atoms with E-state index >= 15 is 0 Å². The Morgan fingerprint density at radius 3 is 2.16 bits per heavy atom. The van der Waals surface area contributed by atoms with E-state index in [1.54, 1.807) is 0 Å². The highest BCUT2D eigenvalue weighted by Crippen LogP contribution is 2.28. The van der Waals surface area contributed by atoms with E-state index in [0.29, 0.717) is 12.5 Å². The normalized spacial score (nSPS) is 12.1. The largest absolute Gasteiger partial charge is 0.491 e. The van der Waals surface area contributed by atoms with Crippen molar-refractivity contribution < 1.29 is 9.84 Å². The molecule has 2 rings (SSSR count). The number of aliphatic hydroxyl groups is 1. The molecule has 0 aliphatic rings. The van der Waals surface area contributed by atoms with Crippen LogP contribution in [-0.2, 0) is 0 Å². The summed E-state index contributed by atoms with van der Waals surface area (Å²) in [6.07, 6.45) is 1.07. The molecule has 0 aliphatic carbocycles. The van der Waals surface area contributed by atoms with Crippen molar-refractivity contribution in [2.24, 2.45) is 0 Å². The Morgan fingerprint density at radius 1 is 0.947 bits per heavy atom. The molecule has 1 atom stereocenters. The van der Waals surface area contributed by atoms with Gasteiger partial charge in [0, 0.05) is 5.92 Å². The first-order valence-corrected chi connectivity index (χ1v) is 6.73. The number of ether oxygens (including phenoxy) is 1.